The highest BCUT2D eigenvalue weighted by Gasteiger charge is 2.44. The first kappa shape index (κ1) is 19.2. The van der Waals surface area contributed by atoms with Crippen LogP contribution in [-0.4, -0.2) is 41.5 Å². The Morgan fingerprint density at radius 1 is 1.14 bits per heavy atom. The second-order valence-electron chi connectivity index (χ2n) is 7.77. The van der Waals surface area contributed by atoms with E-state index in [2.05, 4.69) is 4.98 Å². The van der Waals surface area contributed by atoms with E-state index in [4.69, 9.17) is 4.74 Å². The molecule has 3 aromatic rings. The summed E-state index contributed by atoms with van der Waals surface area (Å²) < 4.78 is 5.46. The molecule has 5 nitrogen and oxygen atoms in total. The van der Waals surface area contributed by atoms with Gasteiger partial charge in [0.2, 0.25) is 0 Å². The van der Waals surface area contributed by atoms with Crippen LogP contribution in [0.15, 0.2) is 60.8 Å². The van der Waals surface area contributed by atoms with Gasteiger partial charge in [0.1, 0.15) is 0 Å². The fourth-order valence-corrected chi connectivity index (χ4v) is 4.32. The number of hydrogen-bond donors (Lipinski definition) is 1. The SMILES string of the molecule is CCOC(=O)C1(Cc2ccccc2)CCCN(C(=O)c2ccc3cc[nH]c3c2)C1. The molecule has 1 saturated heterocycles. The van der Waals surface area contributed by atoms with Crippen LogP contribution >= 0.6 is 0 Å². The van der Waals surface area contributed by atoms with Crippen LogP contribution in [0.5, 0.6) is 0 Å². The highest BCUT2D eigenvalue weighted by molar-refractivity contribution is 5.98. The van der Waals surface area contributed by atoms with Crippen molar-refractivity contribution in [2.45, 2.75) is 26.2 Å². The normalized spacial score (nSPS) is 19.3. The van der Waals surface area contributed by atoms with Crippen molar-refractivity contribution in [2.75, 3.05) is 19.7 Å². The zero-order valence-electron chi connectivity index (χ0n) is 16.7. The highest BCUT2D eigenvalue weighted by atomic mass is 16.5. The molecule has 1 fully saturated rings. The summed E-state index contributed by atoms with van der Waals surface area (Å²) in [6, 6.07) is 17.7. The van der Waals surface area contributed by atoms with Gasteiger partial charge in [0, 0.05) is 30.4 Å². The van der Waals surface area contributed by atoms with E-state index < -0.39 is 5.41 Å². The van der Waals surface area contributed by atoms with E-state index in [-0.39, 0.29) is 11.9 Å². The molecule has 1 aliphatic heterocycles. The monoisotopic (exact) mass is 390 g/mol. The summed E-state index contributed by atoms with van der Waals surface area (Å²) in [4.78, 5) is 31.2. The Kier molecular flexibility index (Phi) is 5.38. The molecule has 1 aromatic heterocycles. The maximum absolute atomic E-state index is 13.2. The Balaban J connectivity index is 1.61. The Morgan fingerprint density at radius 2 is 1.97 bits per heavy atom. The van der Waals surface area contributed by atoms with E-state index in [1.54, 1.807) is 0 Å². The molecule has 0 spiro atoms. The van der Waals surface area contributed by atoms with Crippen molar-refractivity contribution in [3.63, 3.8) is 0 Å². The number of benzene rings is 2. The molecule has 0 radical (unpaired) electrons. The lowest BCUT2D eigenvalue weighted by Crippen LogP contribution is -2.51. The van der Waals surface area contributed by atoms with Gasteiger partial charge in [-0.25, -0.2) is 0 Å². The first-order chi connectivity index (χ1) is 14.1. The van der Waals surface area contributed by atoms with E-state index in [9.17, 15) is 9.59 Å². The lowest BCUT2D eigenvalue weighted by atomic mass is 9.75. The van der Waals surface area contributed by atoms with Crippen molar-refractivity contribution in [1.82, 2.24) is 9.88 Å². The van der Waals surface area contributed by atoms with Gasteiger partial charge < -0.3 is 14.6 Å². The highest BCUT2D eigenvalue weighted by Crippen LogP contribution is 2.36. The summed E-state index contributed by atoms with van der Waals surface area (Å²) in [7, 11) is 0. The quantitative estimate of drug-likeness (QED) is 0.664. The topological polar surface area (TPSA) is 62.4 Å². The Hall–Kier alpha value is -3.08. The maximum Gasteiger partial charge on any atom is 0.314 e. The minimum Gasteiger partial charge on any atom is -0.466 e. The number of carbonyl (C=O) groups excluding carboxylic acids is 2. The molecule has 5 heteroatoms. The van der Waals surface area contributed by atoms with Crippen LogP contribution in [0.4, 0.5) is 0 Å². The molecule has 0 bridgehead atoms. The Morgan fingerprint density at radius 3 is 2.76 bits per heavy atom. The predicted octanol–water partition coefficient (Wildman–Crippen LogP) is 4.20. The molecule has 1 N–H and O–H groups in total. The van der Waals surface area contributed by atoms with Gasteiger partial charge in [-0.3, -0.25) is 9.59 Å². The third-order valence-corrected chi connectivity index (χ3v) is 5.76. The average Bonchev–Trinajstić information content (AvgIpc) is 3.22. The average molecular weight is 390 g/mol. The number of likely N-dealkylation sites (tertiary alicyclic amines) is 1. The van der Waals surface area contributed by atoms with Gasteiger partial charge >= 0.3 is 5.97 Å². The molecular weight excluding hydrogens is 364 g/mol. The van der Waals surface area contributed by atoms with Crippen LogP contribution in [0, 0.1) is 5.41 Å². The molecule has 1 amide bonds. The van der Waals surface area contributed by atoms with Gasteiger partial charge in [-0.2, -0.15) is 0 Å². The number of piperidine rings is 1. The summed E-state index contributed by atoms with van der Waals surface area (Å²) in [5.74, 6) is -0.246. The van der Waals surface area contributed by atoms with Gasteiger partial charge in [-0.15, -0.1) is 0 Å². The van der Waals surface area contributed by atoms with Crippen LogP contribution < -0.4 is 0 Å². The molecule has 1 aliphatic rings. The predicted molar refractivity (Wildman–Crippen MR) is 113 cm³/mol. The van der Waals surface area contributed by atoms with Crippen molar-refractivity contribution in [3.05, 3.63) is 71.9 Å². The molecule has 1 unspecified atom stereocenters. The second kappa shape index (κ2) is 8.11. The number of aromatic nitrogens is 1. The molecule has 0 aliphatic carbocycles. The van der Waals surface area contributed by atoms with Crippen molar-refractivity contribution < 1.29 is 14.3 Å². The van der Waals surface area contributed by atoms with Gasteiger partial charge in [0.15, 0.2) is 0 Å². The molecule has 2 aromatic carbocycles. The van der Waals surface area contributed by atoms with E-state index >= 15 is 0 Å². The van der Waals surface area contributed by atoms with Crippen molar-refractivity contribution >= 4 is 22.8 Å². The number of rotatable bonds is 5. The number of carbonyl (C=O) groups is 2. The van der Waals surface area contributed by atoms with Crippen molar-refractivity contribution in [2.24, 2.45) is 5.41 Å². The summed E-state index contributed by atoms with van der Waals surface area (Å²) >= 11 is 0. The fraction of sp³-hybridized carbons (Fsp3) is 0.333. The van der Waals surface area contributed by atoms with Gasteiger partial charge in [0.05, 0.1) is 12.0 Å². The van der Waals surface area contributed by atoms with E-state index in [0.717, 1.165) is 29.3 Å². The third-order valence-electron chi connectivity index (χ3n) is 5.76. The van der Waals surface area contributed by atoms with Gasteiger partial charge in [-0.05, 0) is 55.3 Å². The van der Waals surface area contributed by atoms with Crippen LogP contribution in [0.2, 0.25) is 0 Å². The number of aromatic amines is 1. The smallest absolute Gasteiger partial charge is 0.314 e. The molecule has 0 saturated carbocycles. The summed E-state index contributed by atoms with van der Waals surface area (Å²) in [6.45, 7) is 3.19. The number of nitrogens with one attached hydrogen (secondary N) is 1. The first-order valence-electron chi connectivity index (χ1n) is 10.2. The molecule has 4 rings (SSSR count). The number of esters is 1. The van der Waals surface area contributed by atoms with Crippen LogP contribution in [0.3, 0.4) is 0 Å². The van der Waals surface area contributed by atoms with Gasteiger partial charge in [0.25, 0.3) is 5.91 Å². The zero-order chi connectivity index (χ0) is 20.3. The summed E-state index contributed by atoms with van der Waals surface area (Å²) in [5, 5.41) is 1.07. The lowest BCUT2D eigenvalue weighted by molar-refractivity contribution is -0.158. The minimum atomic E-state index is -0.707. The molecule has 29 heavy (non-hydrogen) atoms. The van der Waals surface area contributed by atoms with Crippen LogP contribution in [-0.2, 0) is 16.0 Å². The largest absolute Gasteiger partial charge is 0.466 e. The second-order valence-corrected chi connectivity index (χ2v) is 7.77. The standard InChI is InChI=1S/C24H26N2O3/c1-2-29-23(28)24(16-18-7-4-3-5-8-18)12-6-14-26(17-24)22(27)20-10-9-19-11-13-25-21(19)15-20/h3-5,7-11,13,15,25H,2,6,12,14,16-17H2,1H3. The van der Waals surface area contributed by atoms with E-state index in [1.165, 1.54) is 0 Å². The number of fused-ring (bicyclic) bond motifs is 1. The van der Waals surface area contributed by atoms with Crippen LogP contribution in [0.1, 0.15) is 35.7 Å². The van der Waals surface area contributed by atoms with Gasteiger partial charge in [-0.1, -0.05) is 36.4 Å². The summed E-state index contributed by atoms with van der Waals surface area (Å²) in [5.41, 5.74) is 1.96. The molecule has 1 atom stereocenters. The summed E-state index contributed by atoms with van der Waals surface area (Å²) in [6.07, 6.45) is 3.94. The Labute approximate surface area is 170 Å². The maximum atomic E-state index is 13.2. The molecule has 2 heterocycles. The van der Waals surface area contributed by atoms with Crippen molar-refractivity contribution in [3.8, 4) is 0 Å². The van der Waals surface area contributed by atoms with Crippen LogP contribution in [0.25, 0.3) is 10.9 Å². The number of H-pyrrole nitrogens is 1. The number of hydrogen-bond acceptors (Lipinski definition) is 3. The molecule has 150 valence electrons. The Bertz CT molecular complexity index is 1010. The van der Waals surface area contributed by atoms with E-state index in [1.807, 2.05) is 72.6 Å². The van der Waals surface area contributed by atoms with E-state index in [0.29, 0.717) is 31.7 Å². The molecular formula is C24H26N2O3. The third kappa shape index (κ3) is 3.90. The number of amides is 1. The lowest BCUT2D eigenvalue weighted by Gasteiger charge is -2.41. The fourth-order valence-electron chi connectivity index (χ4n) is 4.32. The zero-order valence-corrected chi connectivity index (χ0v) is 16.7. The number of ether oxygens (including phenoxy) is 1. The van der Waals surface area contributed by atoms with Crippen molar-refractivity contribution in [1.29, 1.82) is 0 Å². The minimum absolute atomic E-state index is 0.0389. The number of nitrogens with zero attached hydrogens (tertiary/aromatic N) is 1. The first-order valence-corrected chi connectivity index (χ1v) is 10.2.